The van der Waals surface area contributed by atoms with Crippen LogP contribution in [-0.2, 0) is 9.53 Å². The van der Waals surface area contributed by atoms with Gasteiger partial charge in [-0.25, -0.2) is 4.79 Å². The van der Waals surface area contributed by atoms with Crippen LogP contribution in [0.25, 0.3) is 5.69 Å². The summed E-state index contributed by atoms with van der Waals surface area (Å²) in [7, 11) is 0. The molecule has 1 fully saturated rings. The molecule has 0 bridgehead atoms. The van der Waals surface area contributed by atoms with Gasteiger partial charge in [-0.2, -0.15) is 9.78 Å². The van der Waals surface area contributed by atoms with E-state index in [-0.39, 0.29) is 23.9 Å². The first-order valence-electron chi connectivity index (χ1n) is 10.7. The molecule has 0 saturated heterocycles. The first kappa shape index (κ1) is 21.7. The molecule has 7 nitrogen and oxygen atoms in total. The fourth-order valence-corrected chi connectivity index (χ4v) is 3.90. The van der Waals surface area contributed by atoms with Gasteiger partial charge in [0.1, 0.15) is 0 Å². The van der Waals surface area contributed by atoms with Crippen molar-refractivity contribution in [2.75, 3.05) is 11.9 Å². The smallest absolute Gasteiger partial charge is 0.360 e. The highest BCUT2D eigenvalue weighted by molar-refractivity contribution is 5.99. The van der Waals surface area contributed by atoms with E-state index in [1.165, 1.54) is 30.0 Å². The number of anilines is 1. The molecule has 1 heterocycles. The van der Waals surface area contributed by atoms with E-state index in [0.717, 1.165) is 24.8 Å². The van der Waals surface area contributed by atoms with Crippen LogP contribution in [0.4, 0.5) is 5.69 Å². The number of hydrogen-bond acceptors (Lipinski definition) is 5. The standard InChI is InChI=1S/C23H29N3O4/c1-3-30-23(29)22-18(24-20(27)14-13-17-10-5-4-6-11-17)15-21(28)26(25-22)19-12-8-7-9-16(19)2/h7-9,12,15,17H,3-6,10-11,13-14H2,1-2H3,(H,24,27). The molecule has 0 atom stereocenters. The Hall–Kier alpha value is -2.96. The van der Waals surface area contributed by atoms with Crippen molar-refractivity contribution in [3.63, 3.8) is 0 Å². The molecule has 0 spiro atoms. The Morgan fingerprint density at radius 3 is 2.63 bits per heavy atom. The van der Waals surface area contributed by atoms with Gasteiger partial charge in [-0.05, 0) is 37.8 Å². The summed E-state index contributed by atoms with van der Waals surface area (Å²) in [5.74, 6) is -0.329. The van der Waals surface area contributed by atoms with Gasteiger partial charge in [-0.15, -0.1) is 0 Å². The number of rotatable bonds is 7. The molecule has 1 aromatic carbocycles. The molecule has 1 amide bonds. The molecule has 1 aromatic heterocycles. The third-order valence-electron chi connectivity index (χ3n) is 5.52. The summed E-state index contributed by atoms with van der Waals surface area (Å²) < 4.78 is 6.26. The minimum atomic E-state index is -0.678. The summed E-state index contributed by atoms with van der Waals surface area (Å²) in [6.45, 7) is 3.71. The van der Waals surface area contributed by atoms with E-state index in [1.54, 1.807) is 19.1 Å². The monoisotopic (exact) mass is 411 g/mol. The number of nitrogens with one attached hydrogen (secondary N) is 1. The predicted octanol–water partition coefficient (Wildman–Crippen LogP) is 4.02. The van der Waals surface area contributed by atoms with Crippen molar-refractivity contribution in [2.45, 2.75) is 58.8 Å². The molecular formula is C23H29N3O4. The molecule has 1 N–H and O–H groups in total. The van der Waals surface area contributed by atoms with Gasteiger partial charge in [-0.1, -0.05) is 50.3 Å². The maximum absolute atomic E-state index is 12.7. The number of aromatic nitrogens is 2. The molecule has 0 radical (unpaired) electrons. The van der Waals surface area contributed by atoms with Crippen LogP contribution >= 0.6 is 0 Å². The first-order chi connectivity index (χ1) is 14.5. The number of carbonyl (C=O) groups is 2. The number of nitrogens with zero attached hydrogens (tertiary/aromatic N) is 2. The molecule has 2 aromatic rings. The Morgan fingerprint density at radius 2 is 1.93 bits per heavy atom. The van der Waals surface area contributed by atoms with Gasteiger partial charge in [0.05, 0.1) is 18.0 Å². The number of para-hydroxylation sites is 1. The van der Waals surface area contributed by atoms with Crippen LogP contribution in [0, 0.1) is 12.8 Å². The Morgan fingerprint density at radius 1 is 1.20 bits per heavy atom. The van der Waals surface area contributed by atoms with E-state index in [1.807, 2.05) is 19.1 Å². The van der Waals surface area contributed by atoms with E-state index in [0.29, 0.717) is 18.0 Å². The zero-order valence-electron chi connectivity index (χ0n) is 17.6. The predicted molar refractivity (Wildman–Crippen MR) is 115 cm³/mol. The van der Waals surface area contributed by atoms with E-state index in [2.05, 4.69) is 10.4 Å². The molecule has 30 heavy (non-hydrogen) atoms. The second kappa shape index (κ2) is 10.2. The number of esters is 1. The Balaban J connectivity index is 1.84. The third kappa shape index (κ3) is 5.34. The lowest BCUT2D eigenvalue weighted by atomic mass is 9.86. The zero-order valence-corrected chi connectivity index (χ0v) is 17.6. The van der Waals surface area contributed by atoms with E-state index < -0.39 is 11.5 Å². The number of benzene rings is 1. The van der Waals surface area contributed by atoms with E-state index in [4.69, 9.17) is 4.74 Å². The van der Waals surface area contributed by atoms with Crippen molar-refractivity contribution in [3.05, 3.63) is 51.9 Å². The largest absolute Gasteiger partial charge is 0.461 e. The van der Waals surface area contributed by atoms with Gasteiger partial charge in [0.25, 0.3) is 5.56 Å². The van der Waals surface area contributed by atoms with Crippen molar-refractivity contribution < 1.29 is 14.3 Å². The molecule has 1 aliphatic rings. The van der Waals surface area contributed by atoms with Gasteiger partial charge >= 0.3 is 5.97 Å². The van der Waals surface area contributed by atoms with Gasteiger partial charge in [-0.3, -0.25) is 9.59 Å². The normalized spacial score (nSPS) is 14.3. The summed E-state index contributed by atoms with van der Waals surface area (Å²) in [6, 6.07) is 8.50. The summed E-state index contributed by atoms with van der Waals surface area (Å²) in [6.07, 6.45) is 7.21. The Labute approximate surface area is 176 Å². The van der Waals surface area contributed by atoms with Crippen LogP contribution in [0.1, 0.15) is 67.9 Å². The fourth-order valence-electron chi connectivity index (χ4n) is 3.90. The fraction of sp³-hybridized carbons (Fsp3) is 0.478. The van der Waals surface area contributed by atoms with E-state index in [9.17, 15) is 14.4 Å². The number of ether oxygens (including phenoxy) is 1. The maximum Gasteiger partial charge on any atom is 0.360 e. The summed E-state index contributed by atoms with van der Waals surface area (Å²) in [5.41, 5.74) is 0.997. The topological polar surface area (TPSA) is 90.3 Å². The molecule has 0 aliphatic heterocycles. The van der Waals surface area contributed by atoms with Crippen LogP contribution in [0.2, 0.25) is 0 Å². The van der Waals surface area contributed by atoms with Crippen LogP contribution < -0.4 is 10.9 Å². The van der Waals surface area contributed by atoms with Crippen molar-refractivity contribution in [2.24, 2.45) is 5.92 Å². The summed E-state index contributed by atoms with van der Waals surface area (Å²) in [4.78, 5) is 37.7. The molecule has 1 saturated carbocycles. The van der Waals surface area contributed by atoms with Gasteiger partial charge < -0.3 is 10.1 Å². The molecule has 0 unspecified atom stereocenters. The van der Waals surface area contributed by atoms with Gasteiger partial charge in [0.2, 0.25) is 5.91 Å². The zero-order chi connectivity index (χ0) is 21.5. The highest BCUT2D eigenvalue weighted by atomic mass is 16.5. The van der Waals surface area contributed by atoms with Crippen LogP contribution in [0.5, 0.6) is 0 Å². The van der Waals surface area contributed by atoms with E-state index >= 15 is 0 Å². The lowest BCUT2D eigenvalue weighted by molar-refractivity contribution is -0.116. The molecule has 3 rings (SSSR count). The number of carbonyl (C=O) groups excluding carboxylic acids is 2. The minimum Gasteiger partial charge on any atom is -0.461 e. The Bertz CT molecular complexity index is 961. The second-order valence-electron chi connectivity index (χ2n) is 7.75. The van der Waals surface area contributed by atoms with Crippen molar-refractivity contribution >= 4 is 17.6 Å². The Kier molecular flexibility index (Phi) is 7.38. The molecule has 7 heteroatoms. The third-order valence-corrected chi connectivity index (χ3v) is 5.52. The lowest BCUT2D eigenvalue weighted by Crippen LogP contribution is -2.27. The lowest BCUT2D eigenvalue weighted by Gasteiger charge is -2.21. The SMILES string of the molecule is CCOC(=O)c1nn(-c2ccccc2C)c(=O)cc1NC(=O)CCC1CCCCC1. The average Bonchev–Trinajstić information content (AvgIpc) is 2.74. The second-order valence-corrected chi connectivity index (χ2v) is 7.75. The quantitative estimate of drug-likeness (QED) is 0.695. The van der Waals surface area contributed by atoms with Crippen LogP contribution in [-0.4, -0.2) is 28.3 Å². The average molecular weight is 412 g/mol. The maximum atomic E-state index is 12.7. The number of aryl methyl sites for hydroxylation is 1. The van der Waals surface area contributed by atoms with Crippen molar-refractivity contribution in [1.29, 1.82) is 0 Å². The molecular weight excluding hydrogens is 382 g/mol. The minimum absolute atomic E-state index is 0.0780. The van der Waals surface area contributed by atoms with Crippen molar-refractivity contribution in [3.8, 4) is 5.69 Å². The summed E-state index contributed by atoms with van der Waals surface area (Å²) in [5, 5.41) is 6.95. The number of hydrogen-bond donors (Lipinski definition) is 1. The van der Waals surface area contributed by atoms with Gasteiger partial charge in [0, 0.05) is 12.5 Å². The highest BCUT2D eigenvalue weighted by Gasteiger charge is 2.21. The number of amides is 1. The van der Waals surface area contributed by atoms with Crippen LogP contribution in [0.3, 0.4) is 0 Å². The highest BCUT2D eigenvalue weighted by Crippen LogP contribution is 2.27. The van der Waals surface area contributed by atoms with Crippen molar-refractivity contribution in [1.82, 2.24) is 9.78 Å². The molecule has 1 aliphatic carbocycles. The summed E-state index contributed by atoms with van der Waals surface area (Å²) >= 11 is 0. The molecule has 160 valence electrons. The van der Waals surface area contributed by atoms with Gasteiger partial charge in [0.15, 0.2) is 5.69 Å². The van der Waals surface area contributed by atoms with Crippen LogP contribution in [0.15, 0.2) is 35.1 Å². The first-order valence-corrected chi connectivity index (χ1v) is 10.7.